The second-order valence-electron chi connectivity index (χ2n) is 16.7. The minimum Gasteiger partial charge on any atom is -0.444 e. The molecule has 0 aromatic carbocycles. The first-order valence-corrected chi connectivity index (χ1v) is 21.2. The van der Waals surface area contributed by atoms with E-state index in [9.17, 15) is 24.0 Å². The molecule has 18 heteroatoms. The average Bonchev–Trinajstić information content (AvgIpc) is 3.04. The fourth-order valence-electron chi connectivity index (χ4n) is 3.77. The predicted octanol–water partition coefficient (Wildman–Crippen LogP) is 8.22. The zero-order valence-electron chi connectivity index (χ0n) is 40.3. The van der Waals surface area contributed by atoms with Gasteiger partial charge >= 0.3 is 30.6 Å². The van der Waals surface area contributed by atoms with Crippen LogP contribution in [0, 0.1) is 0 Å². The Kier molecular flexibility index (Phi) is 35.3. The highest BCUT2D eigenvalue weighted by molar-refractivity contribution is 6.19. The molecule has 0 aliphatic carbocycles. The summed E-state index contributed by atoms with van der Waals surface area (Å²) in [5, 5.41) is 9.62. The van der Waals surface area contributed by atoms with Crippen LogP contribution in [0.5, 0.6) is 0 Å². The second-order valence-corrected chi connectivity index (χ2v) is 17.3. The molecule has 1 unspecified atom stereocenters. The summed E-state index contributed by atoms with van der Waals surface area (Å²) in [7, 11) is 0. The summed E-state index contributed by atoms with van der Waals surface area (Å²) in [4.78, 5) is 62.2. The smallest absolute Gasteiger partial charge is 0.444 e. The van der Waals surface area contributed by atoms with Crippen molar-refractivity contribution in [3.05, 3.63) is 0 Å². The van der Waals surface area contributed by atoms with E-state index in [1.807, 2.05) is 69.2 Å². The molecule has 0 aliphatic rings. The van der Waals surface area contributed by atoms with Gasteiger partial charge in [-0.1, -0.05) is 32.4 Å². The van der Waals surface area contributed by atoms with Crippen molar-refractivity contribution in [1.29, 1.82) is 0 Å². The van der Waals surface area contributed by atoms with Crippen molar-refractivity contribution < 1.29 is 52.4 Å². The number of rotatable bonds is 16. The van der Waals surface area contributed by atoms with Crippen LogP contribution in [-0.2, 0) is 28.4 Å². The summed E-state index contributed by atoms with van der Waals surface area (Å²) in [6.07, 6.45) is -3.23. The van der Waals surface area contributed by atoms with Crippen molar-refractivity contribution >= 4 is 42.2 Å². The largest absolute Gasteiger partial charge is 0.519 e. The molecule has 0 saturated carbocycles. The Labute approximate surface area is 362 Å². The standard InChI is InChI=1S/C14H27ClN2O4.C11H24N2O2.C10H18O5.C6H16N2/c1-7-16(12(18)20-11(3)15)9-10-17(8-2)13(19)21-14(4,5)6;1-6-12-8-9-13(7-2)10(14)15-11(3,4)5;1-9(2,3)14-7(11)13-8(12)15-10(4,5)6;1-3-7-5-6-8-4-2/h11H,7-10H2,1-6H3;12H,6-9H2,1-5H3;1-6H3;7-8H,3-6H2,1-2H3. The van der Waals surface area contributed by atoms with Crippen LogP contribution < -0.4 is 16.0 Å². The van der Waals surface area contributed by atoms with Gasteiger partial charge in [0.1, 0.15) is 22.4 Å². The van der Waals surface area contributed by atoms with Gasteiger partial charge in [0.25, 0.3) is 0 Å². The quantitative estimate of drug-likeness (QED) is 0.0443. The Balaban J connectivity index is -0.000000357. The monoisotopic (exact) mass is 873 g/mol. The number of likely N-dealkylation sites (N-methyl/N-ethyl adjacent to an activating group) is 6. The molecule has 0 fully saturated rings. The Morgan fingerprint density at radius 2 is 0.763 bits per heavy atom. The lowest BCUT2D eigenvalue weighted by Crippen LogP contribution is -2.43. The average molecular weight is 874 g/mol. The van der Waals surface area contributed by atoms with Gasteiger partial charge in [0, 0.05) is 58.9 Å². The van der Waals surface area contributed by atoms with E-state index < -0.39 is 46.4 Å². The summed E-state index contributed by atoms with van der Waals surface area (Å²) < 4.78 is 29.3. The molecule has 0 aliphatic heterocycles. The van der Waals surface area contributed by atoms with Gasteiger partial charge in [-0.15, -0.1) is 0 Å². The number of hydrogen-bond donors (Lipinski definition) is 3. The zero-order valence-corrected chi connectivity index (χ0v) is 41.0. The van der Waals surface area contributed by atoms with E-state index in [1.54, 1.807) is 58.3 Å². The number of carbonyl (C=O) groups is 5. The molecular weight excluding hydrogens is 788 g/mol. The van der Waals surface area contributed by atoms with Gasteiger partial charge < -0.3 is 59.1 Å². The molecule has 0 heterocycles. The normalized spacial score (nSPS) is 11.7. The SMILES string of the molecule is CC(C)(C)OC(=O)OC(=O)OC(C)(C)C.CCN(CCN(CC)C(=O)OC(C)(C)C)C(=O)OC(C)Cl.CCNCCN(CC)C(=O)OC(C)(C)C.CCNCCNCC. The molecular formula is C41H85ClN6O11. The number of amides is 3. The van der Waals surface area contributed by atoms with Crippen LogP contribution in [0.3, 0.4) is 0 Å². The molecule has 59 heavy (non-hydrogen) atoms. The van der Waals surface area contributed by atoms with Crippen molar-refractivity contribution in [2.24, 2.45) is 0 Å². The van der Waals surface area contributed by atoms with Gasteiger partial charge in [-0.3, -0.25) is 0 Å². The van der Waals surface area contributed by atoms with Crippen molar-refractivity contribution in [3.8, 4) is 0 Å². The number of nitrogens with one attached hydrogen (secondary N) is 3. The van der Waals surface area contributed by atoms with Crippen LogP contribution >= 0.6 is 11.6 Å². The van der Waals surface area contributed by atoms with E-state index in [4.69, 9.17) is 35.3 Å². The number of alkyl halides is 1. The Hall–Kier alpha value is -3.28. The molecule has 3 N–H and O–H groups in total. The number of carbonyl (C=O) groups excluding carboxylic acids is 5. The van der Waals surface area contributed by atoms with Gasteiger partial charge in [0.2, 0.25) is 0 Å². The van der Waals surface area contributed by atoms with Crippen LogP contribution in [0.4, 0.5) is 24.0 Å². The van der Waals surface area contributed by atoms with E-state index in [0.717, 1.165) is 39.3 Å². The van der Waals surface area contributed by atoms with Gasteiger partial charge in [0.05, 0.1) is 0 Å². The third kappa shape index (κ3) is 45.7. The van der Waals surface area contributed by atoms with Crippen LogP contribution in [0.15, 0.2) is 0 Å². The van der Waals surface area contributed by atoms with Crippen molar-refractivity contribution in [3.63, 3.8) is 0 Å². The van der Waals surface area contributed by atoms with Gasteiger partial charge in [-0.25, -0.2) is 24.0 Å². The predicted molar refractivity (Wildman–Crippen MR) is 235 cm³/mol. The minimum atomic E-state index is -1.06. The van der Waals surface area contributed by atoms with Gasteiger partial charge in [-0.05, 0) is 130 Å². The fraction of sp³-hybridized carbons (Fsp3) is 0.878. The highest BCUT2D eigenvalue weighted by Gasteiger charge is 2.25. The Morgan fingerprint density at radius 1 is 0.475 bits per heavy atom. The summed E-state index contributed by atoms with van der Waals surface area (Å²) in [6, 6.07) is 0. The van der Waals surface area contributed by atoms with Crippen LogP contribution in [0.25, 0.3) is 0 Å². The van der Waals surface area contributed by atoms with E-state index in [0.29, 0.717) is 39.3 Å². The van der Waals surface area contributed by atoms with E-state index in [1.165, 1.54) is 4.90 Å². The van der Waals surface area contributed by atoms with E-state index in [-0.39, 0.29) is 12.2 Å². The zero-order chi connectivity index (χ0) is 47.0. The van der Waals surface area contributed by atoms with E-state index in [2.05, 4.69) is 34.5 Å². The van der Waals surface area contributed by atoms with E-state index >= 15 is 0 Å². The molecule has 1 atom stereocenters. The second kappa shape index (κ2) is 33.4. The first-order chi connectivity index (χ1) is 26.9. The number of ether oxygens (including phenoxy) is 6. The minimum absolute atomic E-state index is 0.233. The maximum absolute atomic E-state index is 12.0. The Bertz CT molecular complexity index is 1100. The van der Waals surface area contributed by atoms with Crippen LogP contribution in [0.1, 0.15) is 132 Å². The lowest BCUT2D eigenvalue weighted by atomic mass is 10.2. The molecule has 0 saturated heterocycles. The molecule has 352 valence electrons. The summed E-state index contributed by atoms with van der Waals surface area (Å²) in [5.41, 5.74) is -3.03. The maximum Gasteiger partial charge on any atom is 0.519 e. The van der Waals surface area contributed by atoms with Crippen molar-refractivity contribution in [2.45, 2.75) is 160 Å². The fourth-order valence-corrected chi connectivity index (χ4v) is 3.85. The van der Waals surface area contributed by atoms with Crippen molar-refractivity contribution in [2.75, 3.05) is 78.5 Å². The highest BCUT2D eigenvalue weighted by Crippen LogP contribution is 2.13. The van der Waals surface area contributed by atoms with Gasteiger partial charge in [-0.2, -0.15) is 0 Å². The highest BCUT2D eigenvalue weighted by atomic mass is 35.5. The third-order valence-corrected chi connectivity index (χ3v) is 6.43. The topological polar surface area (TPSA) is 187 Å². The molecule has 17 nitrogen and oxygen atoms in total. The van der Waals surface area contributed by atoms with Crippen LogP contribution in [-0.4, -0.2) is 152 Å². The first-order valence-electron chi connectivity index (χ1n) is 20.7. The molecule has 0 bridgehead atoms. The molecule has 0 rings (SSSR count). The molecule has 0 radical (unpaired) electrons. The van der Waals surface area contributed by atoms with Gasteiger partial charge in [0.15, 0.2) is 5.56 Å². The molecule has 0 spiro atoms. The summed E-state index contributed by atoms with van der Waals surface area (Å²) in [6.45, 7) is 43.8. The maximum atomic E-state index is 12.0. The third-order valence-electron chi connectivity index (χ3n) is 6.34. The number of halogens is 1. The first kappa shape index (κ1) is 62.4. The Morgan fingerprint density at radius 3 is 1.03 bits per heavy atom. The molecule has 3 amide bonds. The molecule has 0 aromatic rings. The van der Waals surface area contributed by atoms with Crippen molar-refractivity contribution in [1.82, 2.24) is 30.7 Å². The summed E-state index contributed by atoms with van der Waals surface area (Å²) in [5.74, 6) is 0. The summed E-state index contributed by atoms with van der Waals surface area (Å²) >= 11 is 5.63. The molecule has 0 aromatic heterocycles. The number of nitrogens with zero attached hydrogens (tertiary/aromatic N) is 3. The van der Waals surface area contributed by atoms with Crippen LogP contribution in [0.2, 0.25) is 0 Å². The number of hydrogen-bond acceptors (Lipinski definition) is 14. The lowest BCUT2D eigenvalue weighted by Gasteiger charge is -2.28. The lowest BCUT2D eigenvalue weighted by molar-refractivity contribution is -0.0294.